The molecule has 3 nitrogen and oxygen atoms in total. The Balaban J connectivity index is 2.10. The fourth-order valence-electron chi connectivity index (χ4n) is 2.06. The summed E-state index contributed by atoms with van der Waals surface area (Å²) in [6.45, 7) is 0.438. The third-order valence-corrected chi connectivity index (χ3v) is 2.93. The van der Waals surface area contributed by atoms with E-state index in [1.54, 1.807) is 6.20 Å². The monoisotopic (exact) mass is 237 g/mol. The molecule has 0 spiro atoms. The number of hydrogen-bond acceptors (Lipinski definition) is 2. The van der Waals surface area contributed by atoms with Crippen molar-refractivity contribution in [1.82, 2.24) is 4.98 Å². The summed E-state index contributed by atoms with van der Waals surface area (Å²) < 4.78 is 4.89. The highest BCUT2D eigenvalue weighted by molar-refractivity contribution is 5.90. The van der Waals surface area contributed by atoms with Crippen molar-refractivity contribution in [2.45, 2.75) is 0 Å². The Kier molecular flexibility index (Phi) is 2.57. The minimum absolute atomic E-state index is 0.438. The molecule has 1 aromatic heterocycles. The number of rotatable bonds is 3. The van der Waals surface area contributed by atoms with Crippen LogP contribution in [0.4, 0.5) is 0 Å². The maximum Gasteiger partial charge on any atom is 0.298 e. The second-order valence-corrected chi connectivity index (χ2v) is 3.99. The van der Waals surface area contributed by atoms with E-state index in [4.69, 9.17) is 4.74 Å². The number of H-pyrrole nitrogens is 1. The zero-order valence-corrected chi connectivity index (χ0v) is 9.59. The van der Waals surface area contributed by atoms with Crippen LogP contribution in [0.5, 0.6) is 5.75 Å². The van der Waals surface area contributed by atoms with Crippen LogP contribution in [-0.2, 0) is 4.79 Å². The Morgan fingerprint density at radius 1 is 1.00 bits per heavy atom. The van der Waals surface area contributed by atoms with Gasteiger partial charge in [0.2, 0.25) is 0 Å². The topological polar surface area (TPSA) is 42.1 Å². The summed E-state index contributed by atoms with van der Waals surface area (Å²) in [5.41, 5.74) is 3.24. The maximum absolute atomic E-state index is 10.4. The molecule has 0 fully saturated rings. The summed E-state index contributed by atoms with van der Waals surface area (Å²) in [5, 5.41) is 0.904. The van der Waals surface area contributed by atoms with E-state index in [9.17, 15) is 4.79 Å². The lowest BCUT2D eigenvalue weighted by Gasteiger charge is -2.01. The second-order valence-electron chi connectivity index (χ2n) is 3.99. The molecular weight excluding hydrogens is 226 g/mol. The molecule has 0 bridgehead atoms. The molecule has 88 valence electrons. The van der Waals surface area contributed by atoms with Gasteiger partial charge in [-0.05, 0) is 23.3 Å². The van der Waals surface area contributed by atoms with E-state index >= 15 is 0 Å². The van der Waals surface area contributed by atoms with Gasteiger partial charge in [-0.15, -0.1) is 0 Å². The van der Waals surface area contributed by atoms with E-state index in [-0.39, 0.29) is 0 Å². The highest BCUT2D eigenvalue weighted by Crippen LogP contribution is 2.29. The molecule has 0 aliphatic rings. The van der Waals surface area contributed by atoms with Gasteiger partial charge in [0.15, 0.2) is 5.75 Å². The highest BCUT2D eigenvalue weighted by atomic mass is 16.5. The van der Waals surface area contributed by atoms with Gasteiger partial charge >= 0.3 is 0 Å². The molecule has 18 heavy (non-hydrogen) atoms. The number of ether oxygens (including phenoxy) is 1. The molecule has 0 atom stereocenters. The normalized spacial score (nSPS) is 10.4. The number of benzene rings is 2. The van der Waals surface area contributed by atoms with E-state index < -0.39 is 0 Å². The molecule has 0 amide bonds. The van der Waals surface area contributed by atoms with E-state index in [0.29, 0.717) is 12.2 Å². The van der Waals surface area contributed by atoms with E-state index in [1.807, 2.05) is 36.4 Å². The van der Waals surface area contributed by atoms with Crippen molar-refractivity contribution >= 4 is 17.4 Å². The van der Waals surface area contributed by atoms with Crippen LogP contribution >= 0.6 is 0 Å². The second kappa shape index (κ2) is 4.37. The van der Waals surface area contributed by atoms with Crippen molar-refractivity contribution < 1.29 is 9.53 Å². The quantitative estimate of drug-likeness (QED) is 0.709. The Bertz CT molecular complexity index is 686. The fourth-order valence-corrected chi connectivity index (χ4v) is 2.06. The van der Waals surface area contributed by atoms with Crippen LogP contribution in [0.15, 0.2) is 54.7 Å². The van der Waals surface area contributed by atoms with Gasteiger partial charge in [0.05, 0.1) is 0 Å². The molecule has 1 heterocycles. The molecule has 1 N–H and O–H groups in total. The van der Waals surface area contributed by atoms with Crippen LogP contribution in [0.3, 0.4) is 0 Å². The van der Waals surface area contributed by atoms with Gasteiger partial charge in [0, 0.05) is 17.1 Å². The van der Waals surface area contributed by atoms with Gasteiger partial charge in [-0.3, -0.25) is 4.79 Å². The van der Waals surface area contributed by atoms with Crippen molar-refractivity contribution in [3.05, 3.63) is 54.7 Å². The number of fused-ring (bicyclic) bond motifs is 1. The Morgan fingerprint density at radius 2 is 1.83 bits per heavy atom. The first kappa shape index (κ1) is 10.6. The SMILES string of the molecule is O=COc1c[nH]c2cc(-c3ccccc3)ccc12. The van der Waals surface area contributed by atoms with Crippen LogP contribution in [0.2, 0.25) is 0 Å². The van der Waals surface area contributed by atoms with Crippen molar-refractivity contribution in [1.29, 1.82) is 0 Å². The first-order chi connectivity index (χ1) is 8.88. The summed E-state index contributed by atoms with van der Waals surface area (Å²) in [6.07, 6.45) is 1.69. The number of aromatic amines is 1. The van der Waals surface area contributed by atoms with Crippen molar-refractivity contribution in [3.63, 3.8) is 0 Å². The van der Waals surface area contributed by atoms with Crippen LogP contribution < -0.4 is 4.74 Å². The third kappa shape index (κ3) is 1.76. The lowest BCUT2D eigenvalue weighted by Crippen LogP contribution is -1.86. The Labute approximate surface area is 104 Å². The lowest BCUT2D eigenvalue weighted by molar-refractivity contribution is -0.120. The Hall–Kier alpha value is -2.55. The zero-order valence-electron chi connectivity index (χ0n) is 9.59. The summed E-state index contributed by atoms with van der Waals surface area (Å²) >= 11 is 0. The largest absolute Gasteiger partial charge is 0.426 e. The summed E-state index contributed by atoms with van der Waals surface area (Å²) in [7, 11) is 0. The zero-order chi connectivity index (χ0) is 12.4. The van der Waals surface area contributed by atoms with Gasteiger partial charge in [-0.1, -0.05) is 36.4 Å². The molecule has 0 radical (unpaired) electrons. The first-order valence-electron chi connectivity index (χ1n) is 5.65. The standard InChI is InChI=1S/C15H11NO2/c17-10-18-15-9-16-14-8-12(6-7-13(14)15)11-4-2-1-3-5-11/h1-10,16H. The van der Waals surface area contributed by atoms with Crippen molar-refractivity contribution in [3.8, 4) is 16.9 Å². The number of nitrogens with one attached hydrogen (secondary N) is 1. The van der Waals surface area contributed by atoms with Gasteiger partial charge in [-0.2, -0.15) is 0 Å². The van der Waals surface area contributed by atoms with E-state index in [2.05, 4.69) is 17.1 Å². The summed E-state index contributed by atoms with van der Waals surface area (Å²) in [5.74, 6) is 0.555. The van der Waals surface area contributed by atoms with Crippen LogP contribution in [0.1, 0.15) is 0 Å². The van der Waals surface area contributed by atoms with Gasteiger partial charge < -0.3 is 9.72 Å². The first-order valence-corrected chi connectivity index (χ1v) is 5.65. The Morgan fingerprint density at radius 3 is 2.61 bits per heavy atom. The smallest absolute Gasteiger partial charge is 0.298 e. The number of aromatic nitrogens is 1. The lowest BCUT2D eigenvalue weighted by atomic mass is 10.0. The summed E-state index contributed by atoms with van der Waals surface area (Å²) in [4.78, 5) is 13.5. The van der Waals surface area contributed by atoms with Crippen LogP contribution in [0, 0.1) is 0 Å². The van der Waals surface area contributed by atoms with Crippen LogP contribution in [0.25, 0.3) is 22.0 Å². The third-order valence-electron chi connectivity index (χ3n) is 2.93. The van der Waals surface area contributed by atoms with E-state index in [1.165, 1.54) is 0 Å². The number of carbonyl (C=O) groups is 1. The molecule has 0 saturated carbocycles. The fraction of sp³-hybridized carbons (Fsp3) is 0. The maximum atomic E-state index is 10.4. The predicted molar refractivity (Wildman–Crippen MR) is 70.4 cm³/mol. The van der Waals surface area contributed by atoms with Crippen molar-refractivity contribution in [2.75, 3.05) is 0 Å². The minimum atomic E-state index is 0.438. The highest BCUT2D eigenvalue weighted by Gasteiger charge is 2.06. The predicted octanol–water partition coefficient (Wildman–Crippen LogP) is 3.37. The van der Waals surface area contributed by atoms with Gasteiger partial charge in [0.25, 0.3) is 6.47 Å². The molecule has 3 rings (SSSR count). The molecule has 0 aliphatic carbocycles. The van der Waals surface area contributed by atoms with Crippen molar-refractivity contribution in [2.24, 2.45) is 0 Å². The van der Waals surface area contributed by atoms with Gasteiger partial charge in [0.1, 0.15) is 0 Å². The molecule has 3 heteroatoms. The summed E-state index contributed by atoms with van der Waals surface area (Å²) in [6, 6.07) is 16.1. The molecule has 0 saturated heterocycles. The average Bonchev–Trinajstić information content (AvgIpc) is 2.83. The molecular formula is C15H11NO2. The minimum Gasteiger partial charge on any atom is -0.426 e. The number of carbonyl (C=O) groups excluding carboxylic acids is 1. The molecule has 0 aliphatic heterocycles. The number of hydrogen-bond donors (Lipinski definition) is 1. The molecule has 0 unspecified atom stereocenters. The van der Waals surface area contributed by atoms with Crippen LogP contribution in [-0.4, -0.2) is 11.5 Å². The average molecular weight is 237 g/mol. The molecule has 2 aromatic carbocycles. The van der Waals surface area contributed by atoms with E-state index in [0.717, 1.165) is 22.0 Å². The van der Waals surface area contributed by atoms with Gasteiger partial charge in [-0.25, -0.2) is 0 Å². The molecule has 3 aromatic rings.